The number of sulfone groups is 1. The van der Waals surface area contributed by atoms with Crippen LogP contribution in [0.15, 0.2) is 41.3 Å². The molecule has 0 saturated carbocycles. The maximum absolute atomic E-state index is 12.5. The normalized spacial score (nSPS) is 19.0. The first-order valence-electron chi connectivity index (χ1n) is 11.2. The van der Waals surface area contributed by atoms with E-state index in [1.54, 1.807) is 24.3 Å². The molecule has 7 nitrogen and oxygen atoms in total. The Morgan fingerprint density at radius 3 is 2.09 bits per heavy atom. The summed E-state index contributed by atoms with van der Waals surface area (Å²) in [7, 11) is -3.21. The van der Waals surface area contributed by atoms with Crippen molar-refractivity contribution >= 4 is 28.2 Å². The lowest BCUT2D eigenvalue weighted by atomic mass is 10.0. The molecule has 2 aromatic rings. The predicted octanol–water partition coefficient (Wildman–Crippen LogP) is 2.58. The van der Waals surface area contributed by atoms with E-state index in [4.69, 9.17) is 0 Å². The summed E-state index contributed by atoms with van der Waals surface area (Å²) >= 11 is 0. The summed E-state index contributed by atoms with van der Waals surface area (Å²) in [4.78, 5) is 16.8. The fraction of sp³-hybridized carbons (Fsp3) is 0.565. The molecule has 1 aromatic carbocycles. The van der Waals surface area contributed by atoms with E-state index >= 15 is 0 Å². The van der Waals surface area contributed by atoms with Gasteiger partial charge in [0.25, 0.3) is 0 Å². The summed E-state index contributed by atoms with van der Waals surface area (Å²) in [6.07, 6.45) is 2.25. The van der Waals surface area contributed by atoms with Gasteiger partial charge in [0.1, 0.15) is 0 Å². The molecule has 176 valence electrons. The average Bonchev–Trinajstić information content (AvgIpc) is 2.78. The van der Waals surface area contributed by atoms with E-state index in [1.807, 2.05) is 26.0 Å². The summed E-state index contributed by atoms with van der Waals surface area (Å²) in [5, 5.41) is 0. The molecule has 0 aliphatic carbocycles. The molecular weight excluding hydrogens is 446 g/mol. The van der Waals surface area contributed by atoms with Gasteiger partial charge in [-0.2, -0.15) is 0 Å². The van der Waals surface area contributed by atoms with Crippen LogP contribution >= 0.6 is 12.4 Å². The van der Waals surface area contributed by atoms with Crippen LogP contribution in [0.25, 0.3) is 0 Å². The highest BCUT2D eigenvalue weighted by Crippen LogP contribution is 2.22. The van der Waals surface area contributed by atoms with Gasteiger partial charge in [0.05, 0.1) is 10.6 Å². The average molecular weight is 480 g/mol. The summed E-state index contributed by atoms with van der Waals surface area (Å²) in [5.41, 5.74) is 2.05. The van der Waals surface area contributed by atoms with Gasteiger partial charge in [0, 0.05) is 63.2 Å². The van der Waals surface area contributed by atoms with Crippen LogP contribution in [0.5, 0.6) is 0 Å². The smallest absolute Gasteiger partial charge is 0.225 e. The topological polar surface area (TPSA) is 69.6 Å². The zero-order chi connectivity index (χ0) is 21.8. The van der Waals surface area contributed by atoms with E-state index < -0.39 is 9.84 Å². The van der Waals surface area contributed by atoms with Gasteiger partial charge in [-0.1, -0.05) is 18.2 Å². The molecule has 2 fully saturated rings. The molecule has 0 spiro atoms. The summed E-state index contributed by atoms with van der Waals surface area (Å²) < 4.78 is 25.0. The first kappa shape index (κ1) is 24.9. The van der Waals surface area contributed by atoms with E-state index in [1.165, 1.54) is 0 Å². The number of hydrogen-bond acceptors (Lipinski definition) is 7. The Kier molecular flexibility index (Phi) is 8.49. The first-order valence-corrected chi connectivity index (χ1v) is 12.9. The number of piperazine rings is 1. The SMILES string of the molecule is Cc1cc(C)nc(N2CCC(N3CCN(CCS(=O)(=O)c4ccccc4)CC3)CC2)n1.Cl. The standard InChI is InChI=1S/C23H33N5O2S.ClH/c1-19-18-20(2)25-23(24-19)28-10-8-21(9-11-28)27-14-12-26(13-15-27)16-17-31(29,30)22-6-4-3-5-7-22;/h3-7,18,21H,8-17H2,1-2H3;1H. The molecule has 9 heteroatoms. The van der Waals surface area contributed by atoms with Gasteiger partial charge >= 0.3 is 0 Å². The molecule has 0 N–H and O–H groups in total. The number of piperidine rings is 1. The lowest BCUT2D eigenvalue weighted by Crippen LogP contribution is -2.53. The Morgan fingerprint density at radius 2 is 1.50 bits per heavy atom. The van der Waals surface area contributed by atoms with E-state index in [-0.39, 0.29) is 18.2 Å². The highest BCUT2D eigenvalue weighted by Gasteiger charge is 2.29. The third-order valence-corrected chi connectivity index (χ3v) is 8.13. The molecule has 32 heavy (non-hydrogen) atoms. The molecule has 0 unspecified atom stereocenters. The highest BCUT2D eigenvalue weighted by atomic mass is 35.5. The van der Waals surface area contributed by atoms with Gasteiger partial charge in [-0.05, 0) is 44.9 Å². The van der Waals surface area contributed by atoms with Crippen LogP contribution in [-0.4, -0.2) is 85.8 Å². The van der Waals surface area contributed by atoms with Gasteiger partial charge in [-0.3, -0.25) is 9.80 Å². The molecular formula is C23H34ClN5O2S. The van der Waals surface area contributed by atoms with E-state index in [0.717, 1.165) is 69.4 Å². The Morgan fingerprint density at radius 1 is 0.906 bits per heavy atom. The van der Waals surface area contributed by atoms with Crippen molar-refractivity contribution in [2.45, 2.75) is 37.6 Å². The van der Waals surface area contributed by atoms with E-state index in [9.17, 15) is 8.42 Å². The van der Waals surface area contributed by atoms with Crippen molar-refractivity contribution in [1.29, 1.82) is 0 Å². The fourth-order valence-electron chi connectivity index (χ4n) is 4.63. The van der Waals surface area contributed by atoms with Crippen molar-refractivity contribution in [2.75, 3.05) is 56.5 Å². The molecule has 0 radical (unpaired) electrons. The number of benzene rings is 1. The van der Waals surface area contributed by atoms with Crippen molar-refractivity contribution in [2.24, 2.45) is 0 Å². The quantitative estimate of drug-likeness (QED) is 0.630. The lowest BCUT2D eigenvalue weighted by Gasteiger charge is -2.42. The first-order chi connectivity index (χ1) is 14.9. The third-order valence-electron chi connectivity index (χ3n) is 6.42. The number of hydrogen-bond donors (Lipinski definition) is 0. The van der Waals surface area contributed by atoms with Gasteiger partial charge < -0.3 is 4.90 Å². The van der Waals surface area contributed by atoms with Gasteiger partial charge in [0.2, 0.25) is 5.95 Å². The van der Waals surface area contributed by atoms with Crippen molar-refractivity contribution in [1.82, 2.24) is 19.8 Å². The number of anilines is 1. The largest absolute Gasteiger partial charge is 0.341 e. The Balaban J connectivity index is 0.00000289. The Labute approximate surface area is 198 Å². The summed E-state index contributed by atoms with van der Waals surface area (Å²) in [6.45, 7) is 10.5. The van der Waals surface area contributed by atoms with Gasteiger partial charge in [0.15, 0.2) is 9.84 Å². The number of rotatable bonds is 6. The number of aromatic nitrogens is 2. The molecule has 2 aliphatic rings. The maximum atomic E-state index is 12.5. The summed E-state index contributed by atoms with van der Waals surface area (Å²) in [6, 6.07) is 11.4. The Hall–Kier alpha value is -1.74. The number of nitrogens with zero attached hydrogens (tertiary/aromatic N) is 5. The second-order valence-corrected chi connectivity index (χ2v) is 10.8. The fourth-order valence-corrected chi connectivity index (χ4v) is 5.93. The van der Waals surface area contributed by atoms with Crippen LogP contribution < -0.4 is 4.90 Å². The molecule has 3 heterocycles. The third kappa shape index (κ3) is 6.19. The lowest BCUT2D eigenvalue weighted by molar-refractivity contribution is 0.0880. The van der Waals surface area contributed by atoms with Crippen LogP contribution in [0.3, 0.4) is 0 Å². The van der Waals surface area contributed by atoms with Crippen molar-refractivity contribution in [3.05, 3.63) is 47.8 Å². The van der Waals surface area contributed by atoms with Crippen LogP contribution in [-0.2, 0) is 9.84 Å². The van der Waals surface area contributed by atoms with Crippen molar-refractivity contribution in [3.63, 3.8) is 0 Å². The van der Waals surface area contributed by atoms with Crippen LogP contribution in [0.1, 0.15) is 24.2 Å². The van der Waals surface area contributed by atoms with Crippen LogP contribution in [0.4, 0.5) is 5.95 Å². The Bertz CT molecular complexity index is 953. The minimum absolute atomic E-state index is 0. The molecule has 2 saturated heterocycles. The molecule has 0 amide bonds. The second-order valence-electron chi connectivity index (χ2n) is 8.68. The van der Waals surface area contributed by atoms with Crippen LogP contribution in [0.2, 0.25) is 0 Å². The minimum Gasteiger partial charge on any atom is -0.341 e. The van der Waals surface area contributed by atoms with Crippen molar-refractivity contribution in [3.8, 4) is 0 Å². The molecule has 4 rings (SSSR count). The summed E-state index contributed by atoms with van der Waals surface area (Å²) in [5.74, 6) is 1.05. The molecule has 0 atom stereocenters. The zero-order valence-corrected chi connectivity index (χ0v) is 20.6. The zero-order valence-electron chi connectivity index (χ0n) is 19.0. The molecule has 2 aliphatic heterocycles. The molecule has 1 aromatic heterocycles. The number of aryl methyl sites for hydroxylation is 2. The maximum Gasteiger partial charge on any atom is 0.225 e. The minimum atomic E-state index is -3.21. The molecule has 0 bridgehead atoms. The van der Waals surface area contributed by atoms with Gasteiger partial charge in [-0.25, -0.2) is 18.4 Å². The second kappa shape index (κ2) is 10.9. The van der Waals surface area contributed by atoms with E-state index in [2.05, 4.69) is 24.7 Å². The number of halogens is 1. The van der Waals surface area contributed by atoms with Crippen LogP contribution in [0, 0.1) is 13.8 Å². The van der Waals surface area contributed by atoms with E-state index in [0.29, 0.717) is 17.5 Å². The predicted molar refractivity (Wildman–Crippen MR) is 130 cm³/mol. The monoisotopic (exact) mass is 479 g/mol. The van der Waals surface area contributed by atoms with Gasteiger partial charge in [-0.15, -0.1) is 12.4 Å². The highest BCUT2D eigenvalue weighted by molar-refractivity contribution is 7.91. The van der Waals surface area contributed by atoms with Crippen molar-refractivity contribution < 1.29 is 8.42 Å².